The van der Waals surface area contributed by atoms with Gasteiger partial charge in [0, 0.05) is 16.3 Å². The van der Waals surface area contributed by atoms with Gasteiger partial charge in [-0.2, -0.15) is 4.99 Å². The summed E-state index contributed by atoms with van der Waals surface area (Å²) in [6, 6.07) is 11.7. The van der Waals surface area contributed by atoms with E-state index in [9.17, 15) is 9.59 Å². The zero-order chi connectivity index (χ0) is 14.5. The van der Waals surface area contributed by atoms with Crippen LogP contribution in [0.15, 0.2) is 47.5 Å². The summed E-state index contributed by atoms with van der Waals surface area (Å²) < 4.78 is 0. The van der Waals surface area contributed by atoms with Gasteiger partial charge in [0.2, 0.25) is 6.08 Å². The van der Waals surface area contributed by atoms with Crippen LogP contribution in [0.25, 0.3) is 0 Å². The second kappa shape index (κ2) is 6.15. The molecule has 4 nitrogen and oxygen atoms in total. The monoisotopic (exact) mass is 286 g/mol. The largest absolute Gasteiger partial charge is 0.322 e. The third-order valence-corrected chi connectivity index (χ3v) is 2.97. The van der Waals surface area contributed by atoms with E-state index in [1.54, 1.807) is 30.3 Å². The molecular weight excluding hydrogens is 276 g/mol. The van der Waals surface area contributed by atoms with Crippen molar-refractivity contribution in [2.45, 2.75) is 6.92 Å². The van der Waals surface area contributed by atoms with Crippen molar-refractivity contribution in [2.75, 3.05) is 5.32 Å². The average molecular weight is 287 g/mol. The zero-order valence-corrected chi connectivity index (χ0v) is 11.4. The zero-order valence-electron chi connectivity index (χ0n) is 10.7. The molecule has 100 valence electrons. The molecule has 2 aromatic rings. The smallest absolute Gasteiger partial charge is 0.255 e. The van der Waals surface area contributed by atoms with Crippen molar-refractivity contribution < 1.29 is 9.59 Å². The lowest BCUT2D eigenvalue weighted by Gasteiger charge is -2.09. The van der Waals surface area contributed by atoms with Crippen LogP contribution in [0.3, 0.4) is 0 Å². The second-order valence-electron chi connectivity index (χ2n) is 4.17. The van der Waals surface area contributed by atoms with Crippen LogP contribution in [-0.4, -0.2) is 12.0 Å². The van der Waals surface area contributed by atoms with E-state index in [0.29, 0.717) is 22.0 Å². The number of carbonyl (C=O) groups excluding carboxylic acids is 2. The van der Waals surface area contributed by atoms with Crippen LogP contribution in [0.5, 0.6) is 0 Å². The fourth-order valence-electron chi connectivity index (χ4n) is 1.69. The van der Waals surface area contributed by atoms with Crippen LogP contribution in [0.1, 0.15) is 15.9 Å². The molecule has 0 aliphatic rings. The number of carbonyl (C=O) groups is 1. The number of aliphatic imine (C=N–C) groups is 1. The predicted molar refractivity (Wildman–Crippen MR) is 78.4 cm³/mol. The molecule has 0 saturated heterocycles. The Morgan fingerprint density at radius 3 is 2.80 bits per heavy atom. The van der Waals surface area contributed by atoms with E-state index >= 15 is 0 Å². The van der Waals surface area contributed by atoms with Crippen LogP contribution in [0.4, 0.5) is 11.4 Å². The fourth-order valence-corrected chi connectivity index (χ4v) is 1.86. The van der Waals surface area contributed by atoms with Gasteiger partial charge >= 0.3 is 0 Å². The van der Waals surface area contributed by atoms with Crippen molar-refractivity contribution in [2.24, 2.45) is 4.99 Å². The number of halogens is 1. The number of amides is 1. The minimum Gasteiger partial charge on any atom is -0.322 e. The Morgan fingerprint density at radius 1 is 1.25 bits per heavy atom. The summed E-state index contributed by atoms with van der Waals surface area (Å²) >= 11 is 5.90. The summed E-state index contributed by atoms with van der Waals surface area (Å²) in [7, 11) is 0. The first-order valence-electron chi connectivity index (χ1n) is 5.85. The first-order valence-corrected chi connectivity index (χ1v) is 6.23. The van der Waals surface area contributed by atoms with Crippen LogP contribution >= 0.6 is 11.6 Å². The molecule has 0 saturated carbocycles. The van der Waals surface area contributed by atoms with Gasteiger partial charge in [-0.15, -0.1) is 0 Å². The van der Waals surface area contributed by atoms with Gasteiger partial charge in [-0.3, -0.25) is 4.79 Å². The molecule has 0 bridgehead atoms. The molecule has 1 N–H and O–H groups in total. The highest BCUT2D eigenvalue weighted by molar-refractivity contribution is 6.31. The van der Waals surface area contributed by atoms with E-state index < -0.39 is 0 Å². The van der Waals surface area contributed by atoms with E-state index in [1.165, 1.54) is 12.1 Å². The number of nitrogens with zero attached hydrogens (tertiary/aromatic N) is 1. The molecule has 0 aromatic heterocycles. The molecule has 0 unspecified atom stereocenters. The van der Waals surface area contributed by atoms with Gasteiger partial charge < -0.3 is 5.32 Å². The van der Waals surface area contributed by atoms with E-state index in [2.05, 4.69) is 10.3 Å². The van der Waals surface area contributed by atoms with Crippen molar-refractivity contribution in [3.05, 3.63) is 58.6 Å². The number of isocyanates is 1. The third kappa shape index (κ3) is 3.32. The van der Waals surface area contributed by atoms with E-state index in [1.807, 2.05) is 13.0 Å². The molecule has 5 heteroatoms. The Kier molecular flexibility index (Phi) is 4.31. The summed E-state index contributed by atoms with van der Waals surface area (Å²) in [5.41, 5.74) is 2.34. The molecule has 0 aliphatic heterocycles. The molecule has 2 rings (SSSR count). The fraction of sp³-hybridized carbons (Fsp3) is 0.0667. The topological polar surface area (TPSA) is 58.5 Å². The Balaban J connectivity index is 2.26. The standard InChI is InChI=1S/C15H11ClN2O2/c1-10-5-6-12(16)8-14(10)18-15(20)11-3-2-4-13(7-11)17-9-19/h2-8H,1H3,(H,18,20). The number of anilines is 1. The van der Waals surface area contributed by atoms with Crippen molar-refractivity contribution in [3.8, 4) is 0 Å². The maximum absolute atomic E-state index is 12.1. The van der Waals surface area contributed by atoms with Crippen molar-refractivity contribution >= 4 is 35.0 Å². The van der Waals surface area contributed by atoms with Crippen molar-refractivity contribution in [1.29, 1.82) is 0 Å². The lowest BCUT2D eigenvalue weighted by atomic mass is 10.1. The van der Waals surface area contributed by atoms with Crippen LogP contribution < -0.4 is 5.32 Å². The maximum Gasteiger partial charge on any atom is 0.255 e. The van der Waals surface area contributed by atoms with E-state index in [-0.39, 0.29) is 5.91 Å². The second-order valence-corrected chi connectivity index (χ2v) is 4.60. The van der Waals surface area contributed by atoms with Crippen LogP contribution in [-0.2, 0) is 4.79 Å². The maximum atomic E-state index is 12.1. The Morgan fingerprint density at radius 2 is 2.05 bits per heavy atom. The van der Waals surface area contributed by atoms with Gasteiger partial charge in [0.05, 0.1) is 5.69 Å². The summed E-state index contributed by atoms with van der Waals surface area (Å²) in [5.74, 6) is -0.293. The molecule has 1 amide bonds. The summed E-state index contributed by atoms with van der Waals surface area (Å²) in [5, 5.41) is 3.32. The van der Waals surface area contributed by atoms with Crippen LogP contribution in [0, 0.1) is 6.92 Å². The van der Waals surface area contributed by atoms with Gasteiger partial charge in [0.15, 0.2) is 0 Å². The van der Waals surface area contributed by atoms with Crippen LogP contribution in [0.2, 0.25) is 5.02 Å². The third-order valence-electron chi connectivity index (χ3n) is 2.73. The molecule has 0 spiro atoms. The summed E-state index contributed by atoms with van der Waals surface area (Å²) in [4.78, 5) is 25.8. The number of rotatable bonds is 3. The molecule has 20 heavy (non-hydrogen) atoms. The van der Waals surface area contributed by atoms with Gasteiger partial charge in [-0.1, -0.05) is 23.7 Å². The number of hydrogen-bond acceptors (Lipinski definition) is 3. The Hall–Kier alpha value is -2.42. The minimum atomic E-state index is -0.293. The average Bonchev–Trinajstić information content (AvgIpc) is 2.43. The predicted octanol–water partition coefficient (Wildman–Crippen LogP) is 3.87. The number of benzene rings is 2. The summed E-state index contributed by atoms with van der Waals surface area (Å²) in [6.07, 6.45) is 1.44. The number of nitrogens with one attached hydrogen (secondary N) is 1. The lowest BCUT2D eigenvalue weighted by Crippen LogP contribution is -2.12. The van der Waals surface area contributed by atoms with E-state index in [4.69, 9.17) is 11.6 Å². The normalized spacial score (nSPS) is 9.70. The molecule has 0 atom stereocenters. The lowest BCUT2D eigenvalue weighted by molar-refractivity contribution is 0.102. The molecule has 2 aromatic carbocycles. The molecular formula is C15H11ClN2O2. The van der Waals surface area contributed by atoms with Gasteiger partial charge in [0.1, 0.15) is 0 Å². The first-order chi connectivity index (χ1) is 9.60. The molecule has 0 radical (unpaired) electrons. The van der Waals surface area contributed by atoms with Gasteiger partial charge in [0.25, 0.3) is 5.91 Å². The van der Waals surface area contributed by atoms with Gasteiger partial charge in [-0.05, 0) is 42.8 Å². The molecule has 0 aliphatic carbocycles. The quantitative estimate of drug-likeness (QED) is 0.688. The minimum absolute atomic E-state index is 0.293. The Labute approximate surface area is 121 Å². The SMILES string of the molecule is Cc1ccc(Cl)cc1NC(=O)c1cccc(N=C=O)c1. The highest BCUT2D eigenvalue weighted by atomic mass is 35.5. The van der Waals surface area contributed by atoms with Gasteiger partial charge in [-0.25, -0.2) is 4.79 Å². The van der Waals surface area contributed by atoms with Crippen molar-refractivity contribution in [3.63, 3.8) is 0 Å². The highest BCUT2D eigenvalue weighted by Gasteiger charge is 2.08. The number of hydrogen-bond donors (Lipinski definition) is 1. The first kappa shape index (κ1) is 14.0. The number of aryl methyl sites for hydroxylation is 1. The van der Waals surface area contributed by atoms with E-state index in [0.717, 1.165) is 5.56 Å². The van der Waals surface area contributed by atoms with Crippen molar-refractivity contribution in [1.82, 2.24) is 0 Å². The summed E-state index contributed by atoms with van der Waals surface area (Å²) in [6.45, 7) is 1.87. The molecule has 0 heterocycles. The Bertz CT molecular complexity index is 707. The molecule has 0 fully saturated rings. The highest BCUT2D eigenvalue weighted by Crippen LogP contribution is 2.21.